The van der Waals surface area contributed by atoms with E-state index in [1.165, 1.54) is 14.2 Å². The fourth-order valence-corrected chi connectivity index (χ4v) is 0.485. The average Bonchev–Trinajstić information content (AvgIpc) is 2.00. The van der Waals surface area contributed by atoms with Gasteiger partial charge >= 0.3 is 5.97 Å². The Bertz CT molecular complexity index is 124. The van der Waals surface area contributed by atoms with Crippen LogP contribution < -0.4 is 0 Å². The van der Waals surface area contributed by atoms with Crippen LogP contribution in [0, 0.1) is 5.92 Å². The van der Waals surface area contributed by atoms with Crippen molar-refractivity contribution in [2.24, 2.45) is 5.92 Å². The van der Waals surface area contributed by atoms with Crippen LogP contribution in [0.1, 0.15) is 6.92 Å². The lowest BCUT2D eigenvalue weighted by molar-refractivity contribution is -0.144. The van der Waals surface area contributed by atoms with Crippen molar-refractivity contribution in [3.8, 4) is 0 Å². The van der Waals surface area contributed by atoms with Crippen LogP contribution in [-0.2, 0) is 14.3 Å². The van der Waals surface area contributed by atoms with Gasteiger partial charge in [0, 0.05) is 0 Å². The Hall–Kier alpha value is -0.990. The summed E-state index contributed by atoms with van der Waals surface area (Å²) in [6, 6.07) is 0. The molecule has 0 N–H and O–H groups in total. The fourth-order valence-electron chi connectivity index (χ4n) is 0.485. The van der Waals surface area contributed by atoms with Crippen LogP contribution in [0.4, 0.5) is 0 Å². The molecule has 0 bridgehead atoms. The van der Waals surface area contributed by atoms with Crippen LogP contribution in [0.5, 0.6) is 0 Å². The lowest BCUT2D eigenvalue weighted by Crippen LogP contribution is -2.15. The zero-order valence-electron chi connectivity index (χ0n) is 6.51. The number of esters is 1. The maximum Gasteiger partial charge on any atom is 0.316 e. The Labute approximate surface area is 60.6 Å². The van der Waals surface area contributed by atoms with Gasteiger partial charge in [-0.15, -0.1) is 0 Å². The van der Waals surface area contributed by atoms with Crippen molar-refractivity contribution in [2.45, 2.75) is 6.92 Å². The normalized spacial score (nSPS) is 11.9. The highest BCUT2D eigenvalue weighted by molar-refractivity contribution is 5.74. The largest absolute Gasteiger partial charge is 0.501 e. The molecule has 10 heavy (non-hydrogen) atoms. The van der Waals surface area contributed by atoms with E-state index in [4.69, 9.17) is 4.74 Å². The fraction of sp³-hybridized carbons (Fsp3) is 0.571. The van der Waals surface area contributed by atoms with Crippen molar-refractivity contribution in [1.82, 2.24) is 0 Å². The molecule has 0 aromatic rings. The summed E-state index contributed by atoms with van der Waals surface area (Å²) in [6.07, 6.45) is 0. The molecule has 0 rings (SSSR count). The summed E-state index contributed by atoms with van der Waals surface area (Å²) < 4.78 is 9.19. The molecule has 0 fully saturated rings. The Balaban J connectivity index is 3.94. The van der Waals surface area contributed by atoms with E-state index in [9.17, 15) is 4.79 Å². The van der Waals surface area contributed by atoms with Crippen LogP contribution >= 0.6 is 0 Å². The smallest absolute Gasteiger partial charge is 0.316 e. The first-order valence-electron chi connectivity index (χ1n) is 2.94. The number of methoxy groups -OCH3 is 2. The van der Waals surface area contributed by atoms with Crippen molar-refractivity contribution >= 4 is 5.97 Å². The minimum Gasteiger partial charge on any atom is -0.501 e. The van der Waals surface area contributed by atoms with Crippen LogP contribution in [-0.4, -0.2) is 20.2 Å². The number of carbonyl (C=O) groups excluding carboxylic acids is 1. The minimum absolute atomic E-state index is 0.327. The molecule has 0 heterocycles. The van der Waals surface area contributed by atoms with Gasteiger partial charge in [-0.25, -0.2) is 0 Å². The first-order valence-corrected chi connectivity index (χ1v) is 2.94. The number of ether oxygens (including phenoxy) is 2. The Morgan fingerprint density at radius 3 is 2.20 bits per heavy atom. The molecule has 1 atom stereocenters. The molecule has 0 aromatic carbocycles. The summed E-state index contributed by atoms with van der Waals surface area (Å²) in [7, 11) is 2.81. The highest BCUT2D eigenvalue weighted by Gasteiger charge is 2.16. The van der Waals surface area contributed by atoms with Crippen molar-refractivity contribution in [3.05, 3.63) is 12.3 Å². The molecule has 0 radical (unpaired) electrons. The quantitative estimate of drug-likeness (QED) is 0.437. The lowest BCUT2D eigenvalue weighted by Gasteiger charge is -2.09. The van der Waals surface area contributed by atoms with E-state index in [1.807, 2.05) is 0 Å². The lowest BCUT2D eigenvalue weighted by atomic mass is 10.1. The third-order valence-electron chi connectivity index (χ3n) is 1.30. The van der Waals surface area contributed by atoms with Gasteiger partial charge in [0.1, 0.15) is 11.7 Å². The maximum absolute atomic E-state index is 10.7. The van der Waals surface area contributed by atoms with Gasteiger partial charge in [-0.1, -0.05) is 6.58 Å². The van der Waals surface area contributed by atoms with E-state index >= 15 is 0 Å². The van der Waals surface area contributed by atoms with E-state index in [1.54, 1.807) is 6.92 Å². The van der Waals surface area contributed by atoms with E-state index < -0.39 is 0 Å². The Morgan fingerprint density at radius 1 is 1.40 bits per heavy atom. The van der Waals surface area contributed by atoms with Crippen LogP contribution in [0.3, 0.4) is 0 Å². The number of rotatable bonds is 3. The molecule has 0 aliphatic heterocycles. The molecule has 3 nitrogen and oxygen atoms in total. The number of carbonyl (C=O) groups is 1. The third kappa shape index (κ3) is 2.09. The van der Waals surface area contributed by atoms with Crippen molar-refractivity contribution in [1.29, 1.82) is 0 Å². The predicted molar refractivity (Wildman–Crippen MR) is 37.3 cm³/mol. The van der Waals surface area contributed by atoms with E-state index in [-0.39, 0.29) is 11.9 Å². The summed E-state index contributed by atoms with van der Waals surface area (Å²) >= 11 is 0. The second kappa shape index (κ2) is 3.93. The van der Waals surface area contributed by atoms with E-state index in [0.717, 1.165) is 0 Å². The topological polar surface area (TPSA) is 35.5 Å². The number of hydrogen-bond donors (Lipinski definition) is 0. The van der Waals surface area contributed by atoms with Crippen molar-refractivity contribution in [2.75, 3.05) is 14.2 Å². The highest BCUT2D eigenvalue weighted by atomic mass is 16.5. The molecule has 0 aromatic heterocycles. The summed E-state index contributed by atoms with van der Waals surface area (Å²) in [5.74, 6) is -0.284. The van der Waals surface area contributed by atoms with Crippen LogP contribution in [0.25, 0.3) is 0 Å². The van der Waals surface area contributed by atoms with Crippen LogP contribution in [0.2, 0.25) is 0 Å². The predicted octanol–water partition coefficient (Wildman–Crippen LogP) is 0.956. The molecule has 0 aliphatic carbocycles. The summed E-state index contributed by atoms with van der Waals surface area (Å²) in [6.45, 7) is 5.20. The SMILES string of the molecule is C=C(OC)C(C)C(=O)OC. The second-order valence-electron chi connectivity index (χ2n) is 1.92. The standard InChI is InChI=1S/C7H12O3/c1-5(6(2)9-3)7(8)10-4/h5H,2H2,1,3-4H3. The van der Waals surface area contributed by atoms with Gasteiger partial charge in [0.05, 0.1) is 14.2 Å². The molecule has 0 saturated heterocycles. The van der Waals surface area contributed by atoms with Gasteiger partial charge in [-0.3, -0.25) is 4.79 Å². The van der Waals surface area contributed by atoms with Gasteiger partial charge in [0.2, 0.25) is 0 Å². The van der Waals surface area contributed by atoms with Crippen molar-refractivity contribution < 1.29 is 14.3 Å². The minimum atomic E-state index is -0.380. The molecule has 0 saturated carbocycles. The zero-order chi connectivity index (χ0) is 8.15. The molecule has 1 unspecified atom stereocenters. The van der Waals surface area contributed by atoms with Gasteiger partial charge in [0.25, 0.3) is 0 Å². The molecule has 0 amide bonds. The second-order valence-corrected chi connectivity index (χ2v) is 1.92. The maximum atomic E-state index is 10.7. The molecular formula is C7H12O3. The van der Waals surface area contributed by atoms with Gasteiger partial charge < -0.3 is 9.47 Å². The average molecular weight is 144 g/mol. The summed E-state index contributed by atoms with van der Waals surface area (Å²) in [5, 5.41) is 0. The highest BCUT2D eigenvalue weighted by Crippen LogP contribution is 2.09. The Morgan fingerprint density at radius 2 is 1.90 bits per heavy atom. The summed E-state index contributed by atoms with van der Waals surface area (Å²) in [4.78, 5) is 10.7. The first-order chi connectivity index (χ1) is 4.63. The zero-order valence-corrected chi connectivity index (χ0v) is 6.51. The number of hydrogen-bond acceptors (Lipinski definition) is 3. The first kappa shape index (κ1) is 9.01. The van der Waals surface area contributed by atoms with Crippen LogP contribution in [0.15, 0.2) is 12.3 Å². The van der Waals surface area contributed by atoms with E-state index in [2.05, 4.69) is 11.3 Å². The molecule has 58 valence electrons. The monoisotopic (exact) mass is 144 g/mol. The Kier molecular flexibility index (Phi) is 3.54. The molecule has 3 heteroatoms. The molecular weight excluding hydrogens is 132 g/mol. The molecule has 0 aliphatic rings. The summed E-state index contributed by atoms with van der Waals surface area (Å²) in [5.41, 5.74) is 0. The molecule has 0 spiro atoms. The van der Waals surface area contributed by atoms with Gasteiger partial charge in [0.15, 0.2) is 0 Å². The van der Waals surface area contributed by atoms with Crippen molar-refractivity contribution in [3.63, 3.8) is 0 Å². The van der Waals surface area contributed by atoms with Gasteiger partial charge in [-0.05, 0) is 6.92 Å². The van der Waals surface area contributed by atoms with Gasteiger partial charge in [-0.2, -0.15) is 0 Å². The third-order valence-corrected chi connectivity index (χ3v) is 1.30. The van der Waals surface area contributed by atoms with E-state index in [0.29, 0.717) is 5.76 Å².